The Morgan fingerprint density at radius 3 is 1.44 bits per heavy atom. The van der Waals surface area contributed by atoms with Gasteiger partial charge in [-0.15, -0.1) is 0 Å². The van der Waals surface area contributed by atoms with Crippen LogP contribution in [0.25, 0.3) is 0 Å². The number of nitrogens with one attached hydrogen (secondary N) is 2. The van der Waals surface area contributed by atoms with Gasteiger partial charge in [-0.05, 0) is 144 Å². The van der Waals surface area contributed by atoms with Gasteiger partial charge < -0.3 is 30.2 Å². The predicted molar refractivity (Wildman–Crippen MR) is 185 cm³/mol. The summed E-state index contributed by atoms with van der Waals surface area (Å²) in [6, 6.07) is 8.20. The Morgan fingerprint density at radius 2 is 1.00 bits per heavy atom. The molecule has 242 valence electrons. The summed E-state index contributed by atoms with van der Waals surface area (Å²) < 4.78 is 0. The van der Waals surface area contributed by atoms with Crippen LogP contribution in [0.5, 0.6) is 0 Å². The maximum atomic E-state index is 4.48. The van der Waals surface area contributed by atoms with Gasteiger partial charge in [0, 0.05) is 51.0 Å². The van der Waals surface area contributed by atoms with Crippen LogP contribution in [0.3, 0.4) is 0 Å². The van der Waals surface area contributed by atoms with E-state index in [1.54, 1.807) is 0 Å². The van der Waals surface area contributed by atoms with Crippen LogP contribution in [-0.4, -0.2) is 151 Å². The Kier molecular flexibility index (Phi) is 22.2. The lowest BCUT2D eigenvalue weighted by atomic mass is 10.2. The quantitative estimate of drug-likeness (QED) is 0.168. The van der Waals surface area contributed by atoms with E-state index in [1.165, 1.54) is 0 Å². The van der Waals surface area contributed by atoms with Gasteiger partial charge in [-0.3, -0.25) is 20.0 Å². The monoisotopic (exact) mass is 597 g/mol. The van der Waals surface area contributed by atoms with E-state index in [2.05, 4.69) is 119 Å². The van der Waals surface area contributed by atoms with Gasteiger partial charge in [-0.1, -0.05) is 0 Å². The highest BCUT2D eigenvalue weighted by atomic mass is 15.1. The molecule has 2 aromatic heterocycles. The van der Waals surface area contributed by atoms with Crippen molar-refractivity contribution < 1.29 is 0 Å². The van der Waals surface area contributed by atoms with Crippen LogP contribution >= 0.6 is 0 Å². The molecule has 0 saturated carbocycles. The van der Waals surface area contributed by atoms with Crippen molar-refractivity contribution in [1.82, 2.24) is 40.2 Å². The van der Waals surface area contributed by atoms with Crippen molar-refractivity contribution in [3.63, 3.8) is 0 Å². The molecule has 0 unspecified atom stereocenters. The van der Waals surface area contributed by atoms with Crippen molar-refractivity contribution in [2.75, 3.05) is 109 Å². The normalized spacial score (nSPS) is 11.9. The summed E-state index contributed by atoms with van der Waals surface area (Å²) in [5, 5.41) is 6.86. The first-order valence-electron chi connectivity index (χ1n) is 15.6. The standard InChI is InChI=1S/C17H31N5.C16H29N5/c1-21(2)11-5-8-18-14-16-7-10-20-17(13-16)15-19-9-6-12-22(3)4;1-20(2)10-5-7-17-14-16-12-15(6-8-19-16)13-18-9-11-21(3)4/h7,10,13-14,19H,5-6,8-9,11-12,15H2,1-4H3;6,8,12-13,17H,5,7,9-11,14H2,1-4H3. The van der Waals surface area contributed by atoms with Crippen LogP contribution in [-0.2, 0) is 13.1 Å². The second-order valence-corrected chi connectivity index (χ2v) is 11.9. The van der Waals surface area contributed by atoms with E-state index in [-0.39, 0.29) is 0 Å². The van der Waals surface area contributed by atoms with Gasteiger partial charge >= 0.3 is 0 Å². The number of aliphatic imine (C=N–C) groups is 2. The average molecular weight is 597 g/mol. The summed E-state index contributed by atoms with van der Waals surface area (Å²) in [5.41, 5.74) is 4.39. The summed E-state index contributed by atoms with van der Waals surface area (Å²) in [6.45, 7) is 9.63. The first kappa shape index (κ1) is 38.4. The number of pyridine rings is 2. The number of nitrogens with zero attached hydrogens (tertiary/aromatic N) is 8. The third kappa shape index (κ3) is 23.5. The van der Waals surface area contributed by atoms with Crippen LogP contribution < -0.4 is 10.6 Å². The van der Waals surface area contributed by atoms with Gasteiger partial charge in [0.1, 0.15) is 0 Å². The first-order valence-corrected chi connectivity index (χ1v) is 15.6. The van der Waals surface area contributed by atoms with Crippen LogP contribution in [0.15, 0.2) is 46.6 Å². The predicted octanol–water partition coefficient (Wildman–Crippen LogP) is 2.60. The van der Waals surface area contributed by atoms with Crippen LogP contribution in [0.2, 0.25) is 0 Å². The molecule has 2 heterocycles. The zero-order chi connectivity index (χ0) is 31.7. The lowest BCUT2D eigenvalue weighted by Crippen LogP contribution is -2.21. The van der Waals surface area contributed by atoms with E-state index in [9.17, 15) is 0 Å². The average Bonchev–Trinajstić information content (AvgIpc) is 2.95. The number of hydrogen-bond acceptors (Lipinski definition) is 10. The fraction of sp³-hybridized carbons (Fsp3) is 0.636. The third-order valence-electron chi connectivity index (χ3n) is 6.26. The van der Waals surface area contributed by atoms with Crippen molar-refractivity contribution in [2.45, 2.75) is 32.4 Å². The molecule has 0 radical (unpaired) electrons. The minimum atomic E-state index is 0.812. The minimum absolute atomic E-state index is 0.812. The molecular formula is C33H60N10. The highest BCUT2D eigenvalue weighted by Crippen LogP contribution is 2.01. The molecule has 0 saturated heterocycles. The second-order valence-electron chi connectivity index (χ2n) is 11.9. The fourth-order valence-electron chi connectivity index (χ4n) is 3.90. The van der Waals surface area contributed by atoms with Gasteiger partial charge in [-0.25, -0.2) is 0 Å². The molecule has 43 heavy (non-hydrogen) atoms. The smallest absolute Gasteiger partial charge is 0.0548 e. The van der Waals surface area contributed by atoms with Crippen LogP contribution in [0, 0.1) is 0 Å². The molecule has 0 aliphatic rings. The lowest BCUT2D eigenvalue weighted by Gasteiger charge is -2.09. The van der Waals surface area contributed by atoms with E-state index in [0.29, 0.717) is 0 Å². The molecule has 2 rings (SSSR count). The van der Waals surface area contributed by atoms with Gasteiger partial charge in [0.25, 0.3) is 0 Å². The number of hydrogen-bond donors (Lipinski definition) is 2. The molecule has 2 N–H and O–H groups in total. The molecule has 0 aliphatic heterocycles. The van der Waals surface area contributed by atoms with Crippen molar-refractivity contribution >= 4 is 12.4 Å². The van der Waals surface area contributed by atoms with Crippen molar-refractivity contribution in [3.8, 4) is 0 Å². The highest BCUT2D eigenvalue weighted by molar-refractivity contribution is 5.79. The number of likely N-dealkylation sites (N-methyl/N-ethyl adjacent to an activating group) is 1. The van der Waals surface area contributed by atoms with E-state index < -0.39 is 0 Å². The highest BCUT2D eigenvalue weighted by Gasteiger charge is 1.98. The minimum Gasteiger partial charge on any atom is -0.311 e. The Hall–Kier alpha value is -2.60. The molecule has 0 aliphatic carbocycles. The van der Waals surface area contributed by atoms with Crippen LogP contribution in [0.1, 0.15) is 41.8 Å². The zero-order valence-electron chi connectivity index (χ0n) is 28.4. The number of rotatable bonds is 21. The first-order chi connectivity index (χ1) is 20.7. The summed E-state index contributed by atoms with van der Waals surface area (Å²) >= 11 is 0. The van der Waals surface area contributed by atoms with Gasteiger partial charge in [0.05, 0.1) is 17.9 Å². The Balaban J connectivity index is 0.000000430. The van der Waals surface area contributed by atoms with Crippen molar-refractivity contribution in [2.24, 2.45) is 9.98 Å². The fourth-order valence-corrected chi connectivity index (χ4v) is 3.90. The summed E-state index contributed by atoms with van der Waals surface area (Å²) in [7, 11) is 16.7. The number of aromatic nitrogens is 2. The van der Waals surface area contributed by atoms with E-state index in [4.69, 9.17) is 0 Å². The Labute approximate surface area is 262 Å². The summed E-state index contributed by atoms with van der Waals surface area (Å²) in [6.07, 6.45) is 11.0. The topological polar surface area (TPSA) is 87.5 Å². The molecular weight excluding hydrogens is 536 g/mol. The molecule has 0 atom stereocenters. The maximum Gasteiger partial charge on any atom is 0.0548 e. The van der Waals surface area contributed by atoms with Crippen molar-refractivity contribution in [1.29, 1.82) is 0 Å². The Morgan fingerprint density at radius 1 is 0.581 bits per heavy atom. The molecule has 10 nitrogen and oxygen atoms in total. The van der Waals surface area contributed by atoms with E-state index in [1.807, 2.05) is 37.0 Å². The van der Waals surface area contributed by atoms with Crippen LogP contribution in [0.4, 0.5) is 0 Å². The zero-order valence-corrected chi connectivity index (χ0v) is 28.4. The van der Waals surface area contributed by atoms with E-state index in [0.717, 1.165) is 107 Å². The molecule has 0 bridgehead atoms. The molecule has 0 amide bonds. The molecule has 0 aromatic carbocycles. The molecule has 2 aromatic rings. The molecule has 0 fully saturated rings. The van der Waals surface area contributed by atoms with Crippen molar-refractivity contribution in [3.05, 3.63) is 59.2 Å². The third-order valence-corrected chi connectivity index (χ3v) is 6.26. The summed E-state index contributed by atoms with van der Waals surface area (Å²) in [4.78, 5) is 26.4. The maximum absolute atomic E-state index is 4.48. The van der Waals surface area contributed by atoms with Gasteiger partial charge in [0.15, 0.2) is 0 Å². The van der Waals surface area contributed by atoms with Gasteiger partial charge in [0.2, 0.25) is 0 Å². The SMILES string of the molecule is CN(C)CCCN=Cc1ccnc(CNCCCN(C)C)c1.CN(C)CCCNCc1cc(C=NCCN(C)C)ccn1. The Bertz CT molecular complexity index is 1000. The molecule has 10 heteroatoms. The lowest BCUT2D eigenvalue weighted by molar-refractivity contribution is 0.394. The summed E-state index contributed by atoms with van der Waals surface area (Å²) in [5.74, 6) is 0. The largest absolute Gasteiger partial charge is 0.311 e. The molecule has 0 spiro atoms. The second kappa shape index (κ2) is 24.8. The van der Waals surface area contributed by atoms with E-state index >= 15 is 0 Å². The van der Waals surface area contributed by atoms with Gasteiger partial charge in [-0.2, -0.15) is 0 Å².